The second-order valence-electron chi connectivity index (χ2n) is 4.25. The van der Waals surface area contributed by atoms with Gasteiger partial charge in [0.2, 0.25) is 0 Å². The lowest BCUT2D eigenvalue weighted by atomic mass is 10.1. The molecule has 1 aromatic carbocycles. The highest BCUT2D eigenvalue weighted by Gasteiger charge is 2.15. The van der Waals surface area contributed by atoms with Crippen molar-refractivity contribution >= 4 is 16.7 Å². The van der Waals surface area contributed by atoms with Gasteiger partial charge in [-0.1, -0.05) is 25.1 Å². The van der Waals surface area contributed by atoms with Crippen molar-refractivity contribution in [1.82, 2.24) is 10.3 Å². The molecule has 90 valence electrons. The molecule has 3 heteroatoms. The normalized spacial score (nSPS) is 12.8. The zero-order valence-corrected chi connectivity index (χ0v) is 10.3. The Labute approximate surface area is 101 Å². The van der Waals surface area contributed by atoms with Crippen molar-refractivity contribution in [2.75, 3.05) is 7.05 Å². The fourth-order valence-electron chi connectivity index (χ4n) is 2.09. The summed E-state index contributed by atoms with van der Waals surface area (Å²) in [5.41, 5.74) is 2.23. The van der Waals surface area contributed by atoms with Crippen molar-refractivity contribution in [2.24, 2.45) is 0 Å². The summed E-state index contributed by atoms with van der Waals surface area (Å²) in [6.07, 6.45) is 1.30. The molecule has 0 spiro atoms. The van der Waals surface area contributed by atoms with Gasteiger partial charge in [-0.05, 0) is 24.6 Å². The molecule has 1 heterocycles. The topological polar surface area (TPSA) is 44.9 Å². The summed E-state index contributed by atoms with van der Waals surface area (Å²) >= 11 is 0. The van der Waals surface area contributed by atoms with Crippen LogP contribution in [-0.2, 0) is 11.2 Å². The van der Waals surface area contributed by atoms with Gasteiger partial charge in [0.05, 0.1) is 6.04 Å². The Morgan fingerprint density at radius 3 is 2.82 bits per heavy atom. The highest BCUT2D eigenvalue weighted by Crippen LogP contribution is 2.16. The Kier molecular flexibility index (Phi) is 3.59. The Bertz CT molecular complexity index is 483. The van der Waals surface area contributed by atoms with Crippen LogP contribution in [0.2, 0.25) is 0 Å². The minimum atomic E-state index is -0.0898. The summed E-state index contributed by atoms with van der Waals surface area (Å²) in [6.45, 7) is 1.90. The van der Waals surface area contributed by atoms with E-state index in [4.69, 9.17) is 0 Å². The molecule has 2 aromatic rings. The van der Waals surface area contributed by atoms with Gasteiger partial charge in [-0.3, -0.25) is 4.79 Å². The SMILES string of the molecule is CCC(=O)[C@H](Cc1cc2ccccc2[nH]1)NC. The molecular formula is C14H18N2O. The van der Waals surface area contributed by atoms with Gasteiger partial charge in [0.1, 0.15) is 5.78 Å². The summed E-state index contributed by atoms with van der Waals surface area (Å²) < 4.78 is 0. The molecule has 2 rings (SSSR count). The number of fused-ring (bicyclic) bond motifs is 1. The Morgan fingerprint density at radius 2 is 2.18 bits per heavy atom. The number of benzene rings is 1. The number of hydrogen-bond acceptors (Lipinski definition) is 2. The molecule has 0 aliphatic heterocycles. The van der Waals surface area contributed by atoms with Crippen LogP contribution < -0.4 is 5.32 Å². The number of ketones is 1. The molecule has 0 fully saturated rings. The second-order valence-corrected chi connectivity index (χ2v) is 4.25. The standard InChI is InChI=1S/C14H18N2O/c1-3-14(17)13(15-2)9-11-8-10-6-4-5-7-12(10)16-11/h4-8,13,15-16H,3,9H2,1-2H3/t13-/m0/s1. The number of carbonyl (C=O) groups excluding carboxylic acids is 1. The van der Waals surface area contributed by atoms with E-state index >= 15 is 0 Å². The summed E-state index contributed by atoms with van der Waals surface area (Å²) in [4.78, 5) is 15.0. The molecule has 0 unspecified atom stereocenters. The fourth-order valence-corrected chi connectivity index (χ4v) is 2.09. The van der Waals surface area contributed by atoms with E-state index in [0.29, 0.717) is 6.42 Å². The molecule has 0 saturated carbocycles. The predicted molar refractivity (Wildman–Crippen MR) is 70.1 cm³/mol. The van der Waals surface area contributed by atoms with E-state index in [1.807, 2.05) is 26.1 Å². The summed E-state index contributed by atoms with van der Waals surface area (Å²) in [7, 11) is 1.83. The third kappa shape index (κ3) is 2.56. The number of aromatic nitrogens is 1. The third-order valence-corrected chi connectivity index (χ3v) is 3.10. The maximum absolute atomic E-state index is 11.7. The first-order chi connectivity index (χ1) is 8.24. The molecule has 3 nitrogen and oxygen atoms in total. The highest BCUT2D eigenvalue weighted by atomic mass is 16.1. The maximum atomic E-state index is 11.7. The number of nitrogens with one attached hydrogen (secondary N) is 2. The average molecular weight is 230 g/mol. The van der Waals surface area contributed by atoms with Crippen LogP contribution in [0.1, 0.15) is 19.0 Å². The van der Waals surface area contributed by atoms with Crippen LogP contribution >= 0.6 is 0 Å². The van der Waals surface area contributed by atoms with Crippen molar-refractivity contribution in [2.45, 2.75) is 25.8 Å². The van der Waals surface area contributed by atoms with E-state index in [1.54, 1.807) is 0 Å². The number of Topliss-reactive ketones (excluding diaryl/α,β-unsaturated/α-hetero) is 1. The second kappa shape index (κ2) is 5.15. The number of rotatable bonds is 5. The first-order valence-corrected chi connectivity index (χ1v) is 6.01. The lowest BCUT2D eigenvalue weighted by Crippen LogP contribution is -2.35. The van der Waals surface area contributed by atoms with Crippen LogP contribution in [0.3, 0.4) is 0 Å². The monoisotopic (exact) mass is 230 g/mol. The highest BCUT2D eigenvalue weighted by molar-refractivity contribution is 5.84. The van der Waals surface area contributed by atoms with Gasteiger partial charge in [-0.2, -0.15) is 0 Å². The number of H-pyrrole nitrogens is 1. The Hall–Kier alpha value is -1.61. The average Bonchev–Trinajstić information content (AvgIpc) is 2.77. The van der Waals surface area contributed by atoms with Crippen molar-refractivity contribution in [3.63, 3.8) is 0 Å². The third-order valence-electron chi connectivity index (χ3n) is 3.10. The molecule has 0 aliphatic rings. The van der Waals surface area contributed by atoms with Gasteiger partial charge in [-0.15, -0.1) is 0 Å². The minimum absolute atomic E-state index is 0.0898. The van der Waals surface area contributed by atoms with E-state index in [2.05, 4.69) is 28.5 Å². The Balaban J connectivity index is 2.19. The fraction of sp³-hybridized carbons (Fsp3) is 0.357. The van der Waals surface area contributed by atoms with Crippen LogP contribution in [0.4, 0.5) is 0 Å². The van der Waals surface area contributed by atoms with Crippen LogP contribution in [-0.4, -0.2) is 23.9 Å². The summed E-state index contributed by atoms with van der Waals surface area (Å²) in [6, 6.07) is 10.2. The van der Waals surface area contributed by atoms with Gasteiger partial charge in [0.15, 0.2) is 0 Å². The molecule has 1 aromatic heterocycles. The minimum Gasteiger partial charge on any atom is -0.358 e. The van der Waals surface area contributed by atoms with E-state index in [9.17, 15) is 4.79 Å². The van der Waals surface area contributed by atoms with Crippen LogP contribution in [0, 0.1) is 0 Å². The van der Waals surface area contributed by atoms with Crippen molar-refractivity contribution in [3.05, 3.63) is 36.0 Å². The predicted octanol–water partition coefficient (Wildman–Crippen LogP) is 2.28. The van der Waals surface area contributed by atoms with Crippen molar-refractivity contribution in [1.29, 1.82) is 0 Å². The van der Waals surface area contributed by atoms with Crippen molar-refractivity contribution < 1.29 is 4.79 Å². The van der Waals surface area contributed by atoms with Gasteiger partial charge < -0.3 is 10.3 Å². The number of likely N-dealkylation sites (N-methyl/N-ethyl adjacent to an activating group) is 1. The number of aromatic amines is 1. The summed E-state index contributed by atoms with van der Waals surface area (Å²) in [5.74, 6) is 0.256. The quantitative estimate of drug-likeness (QED) is 0.827. The van der Waals surface area contributed by atoms with E-state index < -0.39 is 0 Å². The van der Waals surface area contributed by atoms with Gasteiger partial charge >= 0.3 is 0 Å². The lowest BCUT2D eigenvalue weighted by Gasteiger charge is -2.12. The molecule has 0 amide bonds. The van der Waals surface area contributed by atoms with Crippen LogP contribution in [0.15, 0.2) is 30.3 Å². The van der Waals surface area contributed by atoms with E-state index in [0.717, 1.165) is 17.6 Å². The maximum Gasteiger partial charge on any atom is 0.149 e. The Morgan fingerprint density at radius 1 is 1.41 bits per heavy atom. The smallest absolute Gasteiger partial charge is 0.149 e. The van der Waals surface area contributed by atoms with Crippen molar-refractivity contribution in [3.8, 4) is 0 Å². The molecule has 1 atom stereocenters. The molecule has 17 heavy (non-hydrogen) atoms. The molecule has 0 radical (unpaired) electrons. The molecule has 2 N–H and O–H groups in total. The van der Waals surface area contributed by atoms with Gasteiger partial charge in [0, 0.05) is 24.1 Å². The zero-order valence-electron chi connectivity index (χ0n) is 10.3. The first kappa shape index (κ1) is 11.9. The molecule has 0 aliphatic carbocycles. The molecule has 0 bridgehead atoms. The molecular weight excluding hydrogens is 212 g/mol. The largest absolute Gasteiger partial charge is 0.358 e. The summed E-state index contributed by atoms with van der Waals surface area (Å²) in [5, 5.41) is 4.27. The van der Waals surface area contributed by atoms with Gasteiger partial charge in [-0.25, -0.2) is 0 Å². The molecule has 0 saturated heterocycles. The van der Waals surface area contributed by atoms with E-state index in [1.165, 1.54) is 5.39 Å². The van der Waals surface area contributed by atoms with E-state index in [-0.39, 0.29) is 11.8 Å². The number of para-hydroxylation sites is 1. The first-order valence-electron chi connectivity index (χ1n) is 6.01. The lowest BCUT2D eigenvalue weighted by molar-refractivity contribution is -0.120. The zero-order chi connectivity index (χ0) is 12.3. The van der Waals surface area contributed by atoms with Crippen LogP contribution in [0.25, 0.3) is 10.9 Å². The van der Waals surface area contributed by atoms with Crippen LogP contribution in [0.5, 0.6) is 0 Å². The van der Waals surface area contributed by atoms with Gasteiger partial charge in [0.25, 0.3) is 0 Å². The number of carbonyl (C=O) groups is 1. The number of hydrogen-bond donors (Lipinski definition) is 2.